The van der Waals surface area contributed by atoms with Gasteiger partial charge in [-0.2, -0.15) is 0 Å². The number of aliphatic imine (C=N–C) groups is 2. The van der Waals surface area contributed by atoms with Crippen molar-refractivity contribution in [3.63, 3.8) is 0 Å². The van der Waals surface area contributed by atoms with E-state index in [0.29, 0.717) is 0 Å². The summed E-state index contributed by atoms with van der Waals surface area (Å²) >= 11 is 0. The Balaban J connectivity index is -0.000000167. The van der Waals surface area contributed by atoms with E-state index in [9.17, 15) is 0 Å². The Morgan fingerprint density at radius 3 is 2.38 bits per heavy atom. The molecule has 0 bridgehead atoms. The van der Waals surface area contributed by atoms with E-state index >= 15 is 0 Å². The van der Waals surface area contributed by atoms with Gasteiger partial charge in [0.2, 0.25) is 0 Å². The van der Waals surface area contributed by atoms with Gasteiger partial charge in [-0.1, -0.05) is 0 Å². The minimum absolute atomic E-state index is 0. The summed E-state index contributed by atoms with van der Waals surface area (Å²) in [6.07, 6.45) is 1.08. The largest absolute Gasteiger partial charge is 1.00 e. The van der Waals surface area contributed by atoms with Crippen LogP contribution in [-0.2, 0) is 0 Å². The topological polar surface area (TPSA) is 28.0 Å². The molecule has 3 nitrogen and oxygen atoms in total. The van der Waals surface area contributed by atoms with E-state index in [1.165, 1.54) is 0 Å². The molecule has 0 fully saturated rings. The molecule has 0 unspecified atom stereocenters. The van der Waals surface area contributed by atoms with Gasteiger partial charge in [0.05, 0.1) is 12.6 Å². The molecule has 0 radical (unpaired) electrons. The summed E-state index contributed by atoms with van der Waals surface area (Å²) < 4.78 is 0. The first-order valence-electron chi connectivity index (χ1n) is 4.00. The van der Waals surface area contributed by atoms with Crippen molar-refractivity contribution in [3.8, 4) is 0 Å². The van der Waals surface area contributed by atoms with Crippen molar-refractivity contribution in [2.75, 3.05) is 33.7 Å². The van der Waals surface area contributed by atoms with Crippen LogP contribution in [0.3, 0.4) is 0 Å². The Bertz CT molecular complexity index is 150. The van der Waals surface area contributed by atoms with E-state index in [-0.39, 0.29) is 65.2 Å². The molecule has 74 valence electrons. The van der Waals surface area contributed by atoms with Crippen LogP contribution in [0, 0.1) is 0 Å². The monoisotopic (exact) mass is 231 g/mol. The van der Waals surface area contributed by atoms with Crippen LogP contribution in [0.25, 0.3) is 0 Å². The Labute approximate surface area is 131 Å². The molecule has 0 saturated carbocycles. The smallest absolute Gasteiger partial charge is 1.00 e. The van der Waals surface area contributed by atoms with Crippen molar-refractivity contribution in [1.29, 1.82) is 0 Å². The van der Waals surface area contributed by atoms with Crippen LogP contribution in [0.1, 0.15) is 14.8 Å². The Kier molecular flexibility index (Phi) is 23.9. The van der Waals surface area contributed by atoms with E-state index in [2.05, 4.69) is 35.0 Å². The zero-order chi connectivity index (χ0) is 8.53. The Morgan fingerprint density at radius 1 is 1.31 bits per heavy atom. The third-order valence-corrected chi connectivity index (χ3v) is 1.17. The maximum Gasteiger partial charge on any atom is 1.00 e. The average molecular weight is 232 g/mol. The standard InChI is InChI=1S/C8H17N3.ClH.K.H/c1-4-9-8-10-6-5-7-11(2)3;;;/h4-7H2,1-3H3;1H;;/q;;+1;-1. The van der Waals surface area contributed by atoms with Crippen LogP contribution >= 0.6 is 12.4 Å². The van der Waals surface area contributed by atoms with Gasteiger partial charge >= 0.3 is 51.4 Å². The molecule has 13 heavy (non-hydrogen) atoms. The van der Waals surface area contributed by atoms with Gasteiger partial charge in [-0.05, 0) is 34.0 Å². The zero-order valence-electron chi connectivity index (χ0n) is 10.1. The molecule has 0 heterocycles. The van der Waals surface area contributed by atoms with E-state index in [4.69, 9.17) is 0 Å². The van der Waals surface area contributed by atoms with E-state index in [0.717, 1.165) is 26.1 Å². The minimum atomic E-state index is 0. The second-order valence-corrected chi connectivity index (χ2v) is 2.61. The molecule has 0 aromatic heterocycles. The summed E-state index contributed by atoms with van der Waals surface area (Å²) in [6, 6.07) is 2.64. The molecule has 0 aliphatic rings. The summed E-state index contributed by atoms with van der Waals surface area (Å²) in [5, 5.41) is 0. The fourth-order valence-electron chi connectivity index (χ4n) is 0.637. The number of nitrogens with zero attached hydrogens (tertiary/aromatic N) is 3. The zero-order valence-corrected chi connectivity index (χ0v) is 13.0. The minimum Gasteiger partial charge on any atom is -1.00 e. The van der Waals surface area contributed by atoms with Crippen LogP contribution < -0.4 is 51.4 Å². The van der Waals surface area contributed by atoms with Gasteiger partial charge in [-0.25, -0.2) is 9.98 Å². The number of hydrogen-bond acceptors (Lipinski definition) is 3. The van der Waals surface area contributed by atoms with Gasteiger partial charge in [0.1, 0.15) is 0 Å². The van der Waals surface area contributed by atoms with Crippen LogP contribution in [0.15, 0.2) is 9.98 Å². The number of halogens is 1. The molecule has 0 spiro atoms. The van der Waals surface area contributed by atoms with Crippen LogP contribution in [0.4, 0.5) is 0 Å². The first-order chi connectivity index (χ1) is 5.27. The molecular weight excluding hydrogens is 213 g/mol. The second-order valence-electron chi connectivity index (χ2n) is 2.61. The molecule has 0 aliphatic heterocycles. The second kappa shape index (κ2) is 15.7. The van der Waals surface area contributed by atoms with Crippen molar-refractivity contribution in [1.82, 2.24) is 4.90 Å². The molecule has 0 N–H and O–H groups in total. The van der Waals surface area contributed by atoms with Crippen LogP contribution in [0.2, 0.25) is 0 Å². The molecule has 0 aromatic carbocycles. The van der Waals surface area contributed by atoms with Crippen molar-refractivity contribution < 1.29 is 52.8 Å². The van der Waals surface area contributed by atoms with Gasteiger partial charge in [-0.15, -0.1) is 12.4 Å². The van der Waals surface area contributed by atoms with Crippen molar-refractivity contribution in [2.24, 2.45) is 9.98 Å². The molecule has 0 aromatic rings. The van der Waals surface area contributed by atoms with Crippen molar-refractivity contribution in [3.05, 3.63) is 0 Å². The molecular formula is C8H19ClKN3. The van der Waals surface area contributed by atoms with E-state index < -0.39 is 0 Å². The molecule has 5 heteroatoms. The summed E-state index contributed by atoms with van der Waals surface area (Å²) in [7, 11) is 4.12. The summed E-state index contributed by atoms with van der Waals surface area (Å²) in [4.78, 5) is 9.99. The predicted octanol–water partition coefficient (Wildman–Crippen LogP) is -1.33. The maximum atomic E-state index is 3.99. The number of rotatable bonds is 5. The van der Waals surface area contributed by atoms with E-state index in [1.54, 1.807) is 0 Å². The molecule has 0 aliphatic carbocycles. The molecule has 0 rings (SSSR count). The van der Waals surface area contributed by atoms with Gasteiger partial charge in [0.25, 0.3) is 0 Å². The predicted molar refractivity (Wildman–Crippen MR) is 56.8 cm³/mol. The quantitative estimate of drug-likeness (QED) is 0.328. The molecule has 0 saturated heterocycles. The summed E-state index contributed by atoms with van der Waals surface area (Å²) in [5.41, 5.74) is 0. The van der Waals surface area contributed by atoms with Crippen LogP contribution in [0.5, 0.6) is 0 Å². The third kappa shape index (κ3) is 19.6. The van der Waals surface area contributed by atoms with Crippen molar-refractivity contribution in [2.45, 2.75) is 13.3 Å². The van der Waals surface area contributed by atoms with Gasteiger partial charge in [0.15, 0.2) is 0 Å². The normalized spacial score (nSPS) is 8.00. The van der Waals surface area contributed by atoms with Crippen molar-refractivity contribution >= 4 is 18.4 Å². The SMILES string of the molecule is CCN=C=NCCCN(C)C.Cl.[H-].[K+]. The Morgan fingerprint density at radius 2 is 1.92 bits per heavy atom. The van der Waals surface area contributed by atoms with Gasteiger partial charge in [0, 0.05) is 6.54 Å². The van der Waals surface area contributed by atoms with Gasteiger partial charge < -0.3 is 6.33 Å². The number of hydrogen-bond donors (Lipinski definition) is 0. The Hall–Kier alpha value is 1.27. The molecule has 0 amide bonds. The first-order valence-corrected chi connectivity index (χ1v) is 4.00. The molecule has 0 atom stereocenters. The van der Waals surface area contributed by atoms with Crippen LogP contribution in [-0.4, -0.2) is 44.6 Å². The summed E-state index contributed by atoms with van der Waals surface area (Å²) in [5.74, 6) is 0. The summed E-state index contributed by atoms with van der Waals surface area (Å²) in [6.45, 7) is 4.67. The maximum absolute atomic E-state index is 3.99. The fourth-order valence-corrected chi connectivity index (χ4v) is 0.637. The first kappa shape index (κ1) is 19.8. The average Bonchev–Trinajstić information content (AvgIpc) is 1.96. The third-order valence-electron chi connectivity index (χ3n) is 1.17. The fraction of sp³-hybridized carbons (Fsp3) is 0.875. The van der Waals surface area contributed by atoms with Gasteiger partial charge in [-0.3, -0.25) is 0 Å². The van der Waals surface area contributed by atoms with E-state index in [1.807, 2.05) is 6.92 Å².